The van der Waals surface area contributed by atoms with Crippen LogP contribution in [0.5, 0.6) is 0 Å². The molecule has 0 fully saturated rings. The van der Waals surface area contributed by atoms with Gasteiger partial charge in [-0.3, -0.25) is 28.0 Å². The van der Waals surface area contributed by atoms with E-state index < -0.39 is 0 Å². The number of aryl methyl sites for hydroxylation is 1. The first-order chi connectivity index (χ1) is 26.0. The van der Waals surface area contributed by atoms with Gasteiger partial charge in [0, 0.05) is 55.1 Å². The summed E-state index contributed by atoms with van der Waals surface area (Å²) in [6, 6.07) is 32.4. The van der Waals surface area contributed by atoms with Gasteiger partial charge in [0.15, 0.2) is 0 Å². The zero-order chi connectivity index (χ0) is 38.4. The fourth-order valence-corrected chi connectivity index (χ4v) is 5.29. The third kappa shape index (κ3) is 9.56. The molecule has 0 spiro atoms. The van der Waals surface area contributed by atoms with Crippen LogP contribution in [-0.4, -0.2) is 24.2 Å². The maximum Gasteiger partial charge on any atom is 0.267 e. The third-order valence-electron chi connectivity index (χ3n) is 8.41. The van der Waals surface area contributed by atoms with Crippen molar-refractivity contribution in [2.75, 3.05) is 0 Å². The minimum absolute atomic E-state index is 0. The van der Waals surface area contributed by atoms with Gasteiger partial charge in [-0.05, 0) is 112 Å². The van der Waals surface area contributed by atoms with Crippen molar-refractivity contribution >= 4 is 0 Å². The van der Waals surface area contributed by atoms with Crippen molar-refractivity contribution in [1.82, 2.24) is 29.3 Å². The van der Waals surface area contributed by atoms with E-state index in [2.05, 4.69) is 45.0 Å². The van der Waals surface area contributed by atoms with Gasteiger partial charge >= 0.3 is 0 Å². The molecule has 0 saturated carbocycles. The Morgan fingerprint density at radius 1 is 0.582 bits per heavy atom. The predicted octanol–water partition coefficient (Wildman–Crippen LogP) is 7.30. The quantitative estimate of drug-likeness (QED) is 0.103. The fraction of sp³-hybridized carbons (Fsp3) is 0.119. The number of hydrogen-bond acceptors (Lipinski definition) is 3. The van der Waals surface area contributed by atoms with E-state index in [1.807, 2.05) is 55.0 Å². The smallest absolute Gasteiger partial charge is 0.267 e. The Morgan fingerprint density at radius 3 is 1.40 bits per heavy atom. The average molecular weight is 918 g/mol. The van der Waals surface area contributed by atoms with Gasteiger partial charge in [-0.2, -0.15) is 24.3 Å². The number of imidazole rings is 2. The molecule has 0 saturated heterocycles. The molecule has 0 aliphatic carbocycles. The molecule has 4 aromatic carbocycles. The van der Waals surface area contributed by atoms with E-state index in [0.29, 0.717) is 23.0 Å². The molecular formula is C42H33F4IrN8-3. The van der Waals surface area contributed by atoms with Gasteiger partial charge < -0.3 is 19.2 Å². The minimum atomic E-state index is -0.327. The van der Waals surface area contributed by atoms with E-state index in [9.17, 15) is 17.6 Å². The molecule has 1 radical (unpaired) electrons. The Hall–Kier alpha value is -6.04. The molecule has 4 aromatic heterocycles. The Morgan fingerprint density at radius 2 is 1.04 bits per heavy atom. The Bertz CT molecular complexity index is 2190. The molecular weight excluding hydrogens is 885 g/mol. The first-order valence-corrected chi connectivity index (χ1v) is 16.7. The van der Waals surface area contributed by atoms with Gasteiger partial charge in [0.25, 0.3) is 12.7 Å². The zero-order valence-corrected chi connectivity index (χ0v) is 32.7. The van der Waals surface area contributed by atoms with Crippen molar-refractivity contribution in [1.29, 1.82) is 0 Å². The van der Waals surface area contributed by atoms with E-state index in [1.165, 1.54) is 48.5 Å². The molecule has 0 N–H and O–H groups in total. The summed E-state index contributed by atoms with van der Waals surface area (Å²) in [5.41, 5.74) is 7.67. The van der Waals surface area contributed by atoms with E-state index in [0.717, 1.165) is 39.8 Å². The number of pyridine rings is 1. The molecule has 55 heavy (non-hydrogen) atoms. The van der Waals surface area contributed by atoms with Gasteiger partial charge in [0.05, 0.1) is 28.5 Å². The SMILES string of the molecule is Cc1c(C)[n+](-c2ccc(F)cc2)[c-]n1-c1[c-]cc(F)cc1.Cc1c(C)[n+](-c2ccc(F)cc2)[c-]n1-c1[c-]cc(F)cc1.Cc1n[n-]c(-c2ccccn2)n1.[Ir]. The molecule has 0 atom stereocenters. The Kier molecular flexibility index (Phi) is 13.0. The maximum absolute atomic E-state index is 13.0. The summed E-state index contributed by atoms with van der Waals surface area (Å²) in [5, 5.41) is 7.65. The van der Waals surface area contributed by atoms with E-state index in [1.54, 1.807) is 58.7 Å². The molecule has 13 heteroatoms. The van der Waals surface area contributed by atoms with Crippen LogP contribution in [-0.2, 0) is 20.1 Å². The van der Waals surface area contributed by atoms with E-state index >= 15 is 0 Å². The molecule has 8 rings (SSSR count). The molecule has 0 aliphatic heterocycles. The summed E-state index contributed by atoms with van der Waals surface area (Å²) in [6.07, 6.45) is 8.07. The van der Waals surface area contributed by atoms with Crippen LogP contribution in [0.1, 0.15) is 28.6 Å². The summed E-state index contributed by atoms with van der Waals surface area (Å²) < 4.78 is 59.3. The van der Waals surface area contributed by atoms with Crippen molar-refractivity contribution in [3.05, 3.63) is 186 Å². The van der Waals surface area contributed by atoms with E-state index in [-0.39, 0.29) is 43.4 Å². The Labute approximate surface area is 329 Å². The van der Waals surface area contributed by atoms with Gasteiger partial charge in [0.1, 0.15) is 11.6 Å². The van der Waals surface area contributed by atoms with Crippen LogP contribution in [0.3, 0.4) is 0 Å². The van der Waals surface area contributed by atoms with Crippen LogP contribution in [0.25, 0.3) is 34.3 Å². The van der Waals surface area contributed by atoms with Crippen molar-refractivity contribution in [3.63, 3.8) is 0 Å². The summed E-state index contributed by atoms with van der Waals surface area (Å²) in [6.45, 7) is 9.61. The number of benzene rings is 4. The summed E-state index contributed by atoms with van der Waals surface area (Å²) in [7, 11) is 0. The second kappa shape index (κ2) is 17.9. The van der Waals surface area contributed by atoms with Crippen LogP contribution in [0, 0.1) is 82.7 Å². The number of rotatable bonds is 5. The first-order valence-electron chi connectivity index (χ1n) is 16.7. The number of nitrogens with zero attached hydrogens (tertiary/aromatic N) is 8. The molecule has 4 heterocycles. The molecule has 0 amide bonds. The van der Waals surface area contributed by atoms with Crippen LogP contribution in [0.4, 0.5) is 17.6 Å². The fourth-order valence-electron chi connectivity index (χ4n) is 5.29. The average Bonchev–Trinajstić information content (AvgIpc) is 3.85. The molecule has 281 valence electrons. The molecule has 8 aromatic rings. The third-order valence-corrected chi connectivity index (χ3v) is 8.41. The van der Waals surface area contributed by atoms with E-state index in [4.69, 9.17) is 0 Å². The largest absolute Gasteiger partial charge is 0.421 e. The van der Waals surface area contributed by atoms with Crippen LogP contribution < -0.4 is 14.2 Å². The van der Waals surface area contributed by atoms with Crippen LogP contribution in [0.15, 0.2) is 109 Å². The van der Waals surface area contributed by atoms with Crippen molar-refractivity contribution in [2.45, 2.75) is 34.6 Å². The topological polar surface area (TPSA) is 70.4 Å². The van der Waals surface area contributed by atoms with Crippen molar-refractivity contribution in [3.8, 4) is 34.3 Å². The second-order valence-corrected chi connectivity index (χ2v) is 12.0. The normalized spacial score (nSPS) is 10.5. The molecule has 8 nitrogen and oxygen atoms in total. The summed E-state index contributed by atoms with van der Waals surface area (Å²) in [4.78, 5) is 8.19. The van der Waals surface area contributed by atoms with Crippen molar-refractivity contribution < 1.29 is 46.8 Å². The second-order valence-electron chi connectivity index (χ2n) is 12.0. The molecule has 0 aliphatic rings. The standard InChI is InChI=1S/2C17H13F2N2.C8H7N4.Ir/c2*1-12-13(2)21(17-9-5-15(19)6-10-17)11-20(12)16-7-3-14(18)4-8-16;1-6-10-8(12-11-6)7-4-2-3-5-9-7;/h2*3-9H,1-2H3;2-5H,1H3;/q3*-1;. The monoisotopic (exact) mass is 918 g/mol. The van der Waals surface area contributed by atoms with Crippen LogP contribution in [0.2, 0.25) is 0 Å². The first kappa shape index (κ1) is 40.2. The summed E-state index contributed by atoms with van der Waals surface area (Å²) in [5.74, 6) is 0.0576. The number of aromatic nitrogens is 8. The van der Waals surface area contributed by atoms with Crippen molar-refractivity contribution in [2.24, 2.45) is 0 Å². The van der Waals surface area contributed by atoms with Gasteiger partial charge in [-0.25, -0.2) is 8.78 Å². The van der Waals surface area contributed by atoms with Gasteiger partial charge in [0.2, 0.25) is 0 Å². The minimum Gasteiger partial charge on any atom is -0.421 e. The number of halogens is 4. The van der Waals surface area contributed by atoms with Gasteiger partial charge in [-0.15, -0.1) is 24.3 Å². The maximum atomic E-state index is 13.0. The predicted molar refractivity (Wildman–Crippen MR) is 192 cm³/mol. The Balaban J connectivity index is 0.000000163. The van der Waals surface area contributed by atoms with Crippen LogP contribution >= 0.6 is 0 Å². The zero-order valence-electron chi connectivity index (χ0n) is 30.3. The molecule has 0 unspecified atom stereocenters. The molecule has 0 bridgehead atoms. The number of hydrogen-bond donors (Lipinski definition) is 0. The summed E-state index contributed by atoms with van der Waals surface area (Å²) >= 11 is 0. The van der Waals surface area contributed by atoms with Gasteiger partial charge in [-0.1, -0.05) is 6.07 Å².